The average molecular weight is 286 g/mol. The lowest BCUT2D eigenvalue weighted by atomic mass is 10.1. The highest BCUT2D eigenvalue weighted by atomic mass is 19.1. The lowest BCUT2D eigenvalue weighted by molar-refractivity contribution is 0.262. The molecule has 0 aliphatic rings. The number of hydrogen-bond donors (Lipinski definition) is 4. The third-order valence-corrected chi connectivity index (χ3v) is 2.89. The Morgan fingerprint density at radius 3 is 2.43 bits per heavy atom. The number of carbonyl (C=O) groups is 1. The summed E-state index contributed by atoms with van der Waals surface area (Å²) in [7, 11) is 0. The number of amides is 2. The van der Waals surface area contributed by atoms with Crippen LogP contribution in [0.1, 0.15) is 11.1 Å². The van der Waals surface area contributed by atoms with Gasteiger partial charge in [0.15, 0.2) is 0 Å². The molecule has 0 fully saturated rings. The lowest BCUT2D eigenvalue weighted by Crippen LogP contribution is -2.23. The Bertz CT molecular complexity index is 683. The summed E-state index contributed by atoms with van der Waals surface area (Å²) in [4.78, 5) is 11.9. The largest absolute Gasteiger partial charge is 0.384 e. The highest BCUT2D eigenvalue weighted by molar-refractivity contribution is 6.07. The van der Waals surface area contributed by atoms with Crippen molar-refractivity contribution in [2.75, 3.05) is 10.6 Å². The van der Waals surface area contributed by atoms with E-state index in [1.807, 2.05) is 0 Å². The first-order valence-corrected chi connectivity index (χ1v) is 6.25. The van der Waals surface area contributed by atoms with Crippen LogP contribution < -0.4 is 16.4 Å². The van der Waals surface area contributed by atoms with Crippen molar-refractivity contribution in [1.29, 1.82) is 5.41 Å². The molecule has 2 aromatic carbocycles. The molecule has 5 nitrogen and oxygen atoms in total. The number of nitrogens with one attached hydrogen (secondary N) is 3. The molecule has 0 saturated carbocycles. The number of amidine groups is 1. The molecule has 0 unspecified atom stereocenters. The van der Waals surface area contributed by atoms with Crippen molar-refractivity contribution in [2.24, 2.45) is 5.73 Å². The fourth-order valence-electron chi connectivity index (χ4n) is 1.95. The van der Waals surface area contributed by atoms with Crippen molar-refractivity contribution in [3.8, 4) is 0 Å². The summed E-state index contributed by atoms with van der Waals surface area (Å²) in [6.07, 6.45) is 0. The first-order chi connectivity index (χ1) is 9.97. The minimum atomic E-state index is -0.491. The van der Waals surface area contributed by atoms with E-state index in [1.165, 1.54) is 24.3 Å². The number of carbonyl (C=O) groups excluding carboxylic acids is 1. The molecule has 0 aromatic heterocycles. The number of rotatable bonds is 3. The van der Waals surface area contributed by atoms with Crippen molar-refractivity contribution < 1.29 is 9.18 Å². The van der Waals surface area contributed by atoms with Crippen molar-refractivity contribution in [1.82, 2.24) is 0 Å². The molecule has 0 aliphatic heterocycles. The molecule has 2 rings (SSSR count). The molecular formula is C15H15FN4O. The summed E-state index contributed by atoms with van der Waals surface area (Å²) in [5, 5.41) is 12.8. The van der Waals surface area contributed by atoms with Gasteiger partial charge in [0.25, 0.3) is 0 Å². The van der Waals surface area contributed by atoms with Gasteiger partial charge < -0.3 is 16.4 Å². The topological polar surface area (TPSA) is 91.0 Å². The van der Waals surface area contributed by atoms with E-state index in [9.17, 15) is 9.18 Å². The fourth-order valence-corrected chi connectivity index (χ4v) is 1.95. The van der Waals surface area contributed by atoms with Crippen LogP contribution in [-0.4, -0.2) is 11.9 Å². The second-order valence-corrected chi connectivity index (χ2v) is 4.50. The van der Waals surface area contributed by atoms with Gasteiger partial charge >= 0.3 is 6.03 Å². The quantitative estimate of drug-likeness (QED) is 0.516. The molecule has 0 heterocycles. The average Bonchev–Trinajstić information content (AvgIpc) is 2.41. The Hall–Kier alpha value is -2.89. The Balaban J connectivity index is 2.15. The van der Waals surface area contributed by atoms with Gasteiger partial charge in [-0.05, 0) is 42.8 Å². The number of anilines is 2. The van der Waals surface area contributed by atoms with Gasteiger partial charge in [0.2, 0.25) is 0 Å². The minimum Gasteiger partial charge on any atom is -0.384 e. The van der Waals surface area contributed by atoms with E-state index in [1.54, 1.807) is 25.1 Å². The molecule has 21 heavy (non-hydrogen) atoms. The van der Waals surface area contributed by atoms with Gasteiger partial charge in [0.05, 0.1) is 5.69 Å². The van der Waals surface area contributed by atoms with Gasteiger partial charge in [0.1, 0.15) is 11.7 Å². The number of halogens is 1. The number of aryl methyl sites for hydroxylation is 1. The highest BCUT2D eigenvalue weighted by Crippen LogP contribution is 2.19. The van der Waals surface area contributed by atoms with Crippen LogP contribution >= 0.6 is 0 Å². The lowest BCUT2D eigenvalue weighted by Gasteiger charge is -2.13. The van der Waals surface area contributed by atoms with E-state index in [0.29, 0.717) is 16.9 Å². The molecule has 6 heteroatoms. The number of benzene rings is 2. The van der Waals surface area contributed by atoms with Crippen LogP contribution in [0.5, 0.6) is 0 Å². The first kappa shape index (κ1) is 14.5. The monoisotopic (exact) mass is 286 g/mol. The van der Waals surface area contributed by atoms with Gasteiger partial charge in [-0.1, -0.05) is 12.1 Å². The van der Waals surface area contributed by atoms with Crippen LogP contribution in [0.2, 0.25) is 0 Å². The zero-order chi connectivity index (χ0) is 15.4. The number of urea groups is 1. The van der Waals surface area contributed by atoms with Crippen LogP contribution in [0.15, 0.2) is 42.5 Å². The van der Waals surface area contributed by atoms with Crippen molar-refractivity contribution in [3.05, 3.63) is 59.4 Å². The van der Waals surface area contributed by atoms with Crippen LogP contribution in [0.3, 0.4) is 0 Å². The van der Waals surface area contributed by atoms with Crippen LogP contribution in [-0.2, 0) is 0 Å². The first-order valence-electron chi connectivity index (χ1n) is 6.25. The molecule has 2 aromatic rings. The van der Waals surface area contributed by atoms with Crippen molar-refractivity contribution in [2.45, 2.75) is 6.92 Å². The molecule has 0 bridgehead atoms. The third kappa shape index (κ3) is 3.56. The molecule has 0 spiro atoms. The molecule has 108 valence electrons. The molecule has 0 saturated heterocycles. The summed E-state index contributed by atoms with van der Waals surface area (Å²) in [6, 6.07) is 10.2. The predicted molar refractivity (Wildman–Crippen MR) is 81.2 cm³/mol. The van der Waals surface area contributed by atoms with Gasteiger partial charge in [-0.25, -0.2) is 9.18 Å². The van der Waals surface area contributed by atoms with Crippen molar-refractivity contribution >= 4 is 23.2 Å². The molecule has 0 radical (unpaired) electrons. The molecular weight excluding hydrogens is 271 g/mol. The fraction of sp³-hybridized carbons (Fsp3) is 0.0667. The van der Waals surface area contributed by atoms with Crippen LogP contribution in [0.4, 0.5) is 20.6 Å². The molecule has 0 aliphatic carbocycles. The standard InChI is InChI=1S/C15H15FN4O/c1-9-3-2-4-12(13(9)14(17)18)20-15(21)19-11-7-5-10(16)6-8-11/h2-8H,1H3,(H3,17,18)(H2,19,20,21). The van der Waals surface area contributed by atoms with E-state index in [2.05, 4.69) is 10.6 Å². The van der Waals surface area contributed by atoms with Crippen LogP contribution in [0, 0.1) is 18.2 Å². The third-order valence-electron chi connectivity index (χ3n) is 2.89. The summed E-state index contributed by atoms with van der Waals surface area (Å²) in [5.74, 6) is -0.497. The second-order valence-electron chi connectivity index (χ2n) is 4.50. The van der Waals surface area contributed by atoms with Gasteiger partial charge in [-0.15, -0.1) is 0 Å². The normalized spacial score (nSPS) is 10.0. The zero-order valence-electron chi connectivity index (χ0n) is 11.4. The maximum Gasteiger partial charge on any atom is 0.323 e. The number of hydrogen-bond acceptors (Lipinski definition) is 2. The van der Waals surface area contributed by atoms with Gasteiger partial charge in [0, 0.05) is 11.3 Å². The minimum absolute atomic E-state index is 0.120. The van der Waals surface area contributed by atoms with E-state index in [-0.39, 0.29) is 11.7 Å². The summed E-state index contributed by atoms with van der Waals surface area (Å²) in [6.45, 7) is 1.81. The Morgan fingerprint density at radius 1 is 1.14 bits per heavy atom. The SMILES string of the molecule is Cc1cccc(NC(=O)Nc2ccc(F)cc2)c1C(=N)N. The Labute approximate surface area is 121 Å². The van der Waals surface area contributed by atoms with Gasteiger partial charge in [-0.2, -0.15) is 0 Å². The Morgan fingerprint density at radius 2 is 1.81 bits per heavy atom. The number of nitrogen functional groups attached to an aromatic ring is 1. The maximum atomic E-state index is 12.8. The highest BCUT2D eigenvalue weighted by Gasteiger charge is 2.11. The van der Waals surface area contributed by atoms with Crippen molar-refractivity contribution in [3.63, 3.8) is 0 Å². The van der Waals surface area contributed by atoms with E-state index in [4.69, 9.17) is 11.1 Å². The predicted octanol–water partition coefficient (Wildman–Crippen LogP) is 3.06. The van der Waals surface area contributed by atoms with E-state index in [0.717, 1.165) is 5.56 Å². The maximum absolute atomic E-state index is 12.8. The molecule has 0 atom stereocenters. The molecule has 5 N–H and O–H groups in total. The second kappa shape index (κ2) is 6.04. The number of nitrogens with two attached hydrogens (primary N) is 1. The smallest absolute Gasteiger partial charge is 0.323 e. The summed E-state index contributed by atoms with van der Waals surface area (Å²) in [5.41, 5.74) is 7.71. The van der Waals surface area contributed by atoms with E-state index < -0.39 is 6.03 Å². The zero-order valence-corrected chi connectivity index (χ0v) is 11.4. The van der Waals surface area contributed by atoms with Gasteiger partial charge in [-0.3, -0.25) is 5.41 Å². The van der Waals surface area contributed by atoms with Crippen LogP contribution in [0.25, 0.3) is 0 Å². The summed E-state index contributed by atoms with van der Waals surface area (Å²) < 4.78 is 12.8. The summed E-state index contributed by atoms with van der Waals surface area (Å²) >= 11 is 0. The van der Waals surface area contributed by atoms with E-state index >= 15 is 0 Å². The molecule has 2 amide bonds. The Kier molecular flexibility index (Phi) is 4.18.